The molecule has 0 aliphatic heterocycles. The fourth-order valence-corrected chi connectivity index (χ4v) is 1.56. The first-order valence-corrected chi connectivity index (χ1v) is 5.60. The topological polar surface area (TPSA) is 42.0 Å². The van der Waals surface area contributed by atoms with Crippen molar-refractivity contribution in [1.82, 2.24) is 4.98 Å². The van der Waals surface area contributed by atoms with E-state index in [1.807, 2.05) is 43.3 Å². The van der Waals surface area contributed by atoms with Gasteiger partial charge in [-0.25, -0.2) is 0 Å². The van der Waals surface area contributed by atoms with Crippen LogP contribution in [-0.2, 0) is 4.79 Å². The summed E-state index contributed by atoms with van der Waals surface area (Å²) in [6.45, 7) is 1.83. The van der Waals surface area contributed by atoms with Gasteiger partial charge < -0.3 is 5.32 Å². The van der Waals surface area contributed by atoms with Crippen LogP contribution in [0.3, 0.4) is 0 Å². The van der Waals surface area contributed by atoms with Gasteiger partial charge in [-0.3, -0.25) is 9.78 Å². The zero-order valence-electron chi connectivity index (χ0n) is 9.68. The molecule has 17 heavy (non-hydrogen) atoms. The fraction of sp³-hybridized carbons (Fsp3) is 0.143. The molecule has 0 unspecified atom stereocenters. The molecule has 0 saturated carbocycles. The molecular weight excluding hydrogens is 212 g/mol. The number of hydrogen-bond donors (Lipinski definition) is 1. The minimum Gasteiger partial charge on any atom is -0.326 e. The van der Waals surface area contributed by atoms with Crippen LogP contribution in [0.15, 0.2) is 48.8 Å². The third kappa shape index (κ3) is 2.91. The van der Waals surface area contributed by atoms with Crippen LogP contribution < -0.4 is 5.32 Å². The Labute approximate surface area is 101 Å². The Morgan fingerprint density at radius 3 is 2.76 bits per heavy atom. The van der Waals surface area contributed by atoms with Gasteiger partial charge in [0, 0.05) is 30.1 Å². The highest BCUT2D eigenvalue weighted by Crippen LogP contribution is 2.21. The molecule has 2 aromatic rings. The highest BCUT2D eigenvalue weighted by molar-refractivity contribution is 5.91. The Morgan fingerprint density at radius 2 is 2.06 bits per heavy atom. The predicted molar refractivity (Wildman–Crippen MR) is 68.6 cm³/mol. The number of pyridine rings is 1. The summed E-state index contributed by atoms with van der Waals surface area (Å²) in [5.41, 5.74) is 2.91. The van der Waals surface area contributed by atoms with Crippen molar-refractivity contribution in [2.45, 2.75) is 13.3 Å². The fourth-order valence-electron chi connectivity index (χ4n) is 1.56. The molecule has 0 aliphatic rings. The molecule has 0 aliphatic carbocycles. The highest BCUT2D eigenvalue weighted by atomic mass is 16.1. The average molecular weight is 226 g/mol. The van der Waals surface area contributed by atoms with Crippen LogP contribution in [0.5, 0.6) is 0 Å². The van der Waals surface area contributed by atoms with Crippen LogP contribution in [0.1, 0.15) is 13.3 Å². The molecule has 0 atom stereocenters. The molecule has 86 valence electrons. The van der Waals surface area contributed by atoms with Gasteiger partial charge >= 0.3 is 0 Å². The molecule has 1 aromatic carbocycles. The molecular formula is C14H14N2O. The summed E-state index contributed by atoms with van der Waals surface area (Å²) in [5, 5.41) is 2.84. The maximum Gasteiger partial charge on any atom is 0.224 e. The molecule has 1 amide bonds. The van der Waals surface area contributed by atoms with Gasteiger partial charge in [0.2, 0.25) is 5.91 Å². The van der Waals surface area contributed by atoms with E-state index in [0.29, 0.717) is 6.42 Å². The first-order chi connectivity index (χ1) is 8.29. The largest absolute Gasteiger partial charge is 0.326 e. The molecule has 0 bridgehead atoms. The number of carbonyl (C=O) groups is 1. The zero-order valence-corrected chi connectivity index (χ0v) is 9.68. The lowest BCUT2D eigenvalue weighted by molar-refractivity contribution is -0.115. The first-order valence-electron chi connectivity index (χ1n) is 5.60. The molecule has 0 radical (unpaired) electrons. The number of anilines is 1. The van der Waals surface area contributed by atoms with Crippen LogP contribution in [0.2, 0.25) is 0 Å². The second-order valence-electron chi connectivity index (χ2n) is 3.72. The van der Waals surface area contributed by atoms with Gasteiger partial charge in [-0.15, -0.1) is 0 Å². The average Bonchev–Trinajstić information content (AvgIpc) is 2.40. The van der Waals surface area contributed by atoms with E-state index in [1.165, 1.54) is 0 Å². The molecule has 3 heteroatoms. The SMILES string of the molecule is CCC(=O)Nc1cccc(-c2cccnc2)c1. The van der Waals surface area contributed by atoms with Gasteiger partial charge in [0.1, 0.15) is 0 Å². The van der Waals surface area contributed by atoms with E-state index in [1.54, 1.807) is 12.4 Å². The van der Waals surface area contributed by atoms with Crippen molar-refractivity contribution >= 4 is 11.6 Å². The number of carbonyl (C=O) groups excluding carboxylic acids is 1. The smallest absolute Gasteiger partial charge is 0.224 e. The quantitative estimate of drug-likeness (QED) is 0.873. The third-order valence-electron chi connectivity index (χ3n) is 2.46. The Hall–Kier alpha value is -2.16. The predicted octanol–water partition coefficient (Wildman–Crippen LogP) is 3.10. The number of aromatic nitrogens is 1. The molecule has 1 N–H and O–H groups in total. The van der Waals surface area contributed by atoms with Crippen LogP contribution in [-0.4, -0.2) is 10.9 Å². The minimum atomic E-state index is 0.0216. The Bertz CT molecular complexity index is 509. The first kappa shape index (κ1) is 11.3. The van der Waals surface area contributed by atoms with E-state index < -0.39 is 0 Å². The molecule has 2 rings (SSSR count). The van der Waals surface area contributed by atoms with E-state index in [2.05, 4.69) is 10.3 Å². The lowest BCUT2D eigenvalue weighted by Gasteiger charge is -2.06. The van der Waals surface area contributed by atoms with Gasteiger partial charge in [0.25, 0.3) is 0 Å². The molecule has 0 fully saturated rings. The van der Waals surface area contributed by atoms with Crippen molar-refractivity contribution in [3.63, 3.8) is 0 Å². The summed E-state index contributed by atoms with van der Waals surface area (Å²) in [4.78, 5) is 15.4. The summed E-state index contributed by atoms with van der Waals surface area (Å²) in [6, 6.07) is 11.6. The van der Waals surface area contributed by atoms with Crippen molar-refractivity contribution in [2.24, 2.45) is 0 Å². The molecule has 1 aromatic heterocycles. The maximum absolute atomic E-state index is 11.3. The summed E-state index contributed by atoms with van der Waals surface area (Å²) >= 11 is 0. The van der Waals surface area contributed by atoms with E-state index in [9.17, 15) is 4.79 Å². The van der Waals surface area contributed by atoms with Gasteiger partial charge in [0.15, 0.2) is 0 Å². The van der Waals surface area contributed by atoms with Crippen molar-refractivity contribution in [2.75, 3.05) is 5.32 Å². The Kier molecular flexibility index (Phi) is 3.50. The van der Waals surface area contributed by atoms with Crippen LogP contribution in [0.4, 0.5) is 5.69 Å². The molecule has 0 saturated heterocycles. The van der Waals surface area contributed by atoms with Crippen molar-refractivity contribution in [3.8, 4) is 11.1 Å². The summed E-state index contributed by atoms with van der Waals surface area (Å²) < 4.78 is 0. The van der Waals surface area contributed by atoms with Gasteiger partial charge in [0.05, 0.1) is 0 Å². The minimum absolute atomic E-state index is 0.0216. The number of nitrogens with one attached hydrogen (secondary N) is 1. The third-order valence-corrected chi connectivity index (χ3v) is 2.46. The highest BCUT2D eigenvalue weighted by Gasteiger charge is 2.01. The molecule has 1 heterocycles. The normalized spacial score (nSPS) is 9.94. The van der Waals surface area contributed by atoms with Crippen molar-refractivity contribution in [3.05, 3.63) is 48.8 Å². The number of hydrogen-bond acceptors (Lipinski definition) is 2. The van der Waals surface area contributed by atoms with Crippen molar-refractivity contribution < 1.29 is 4.79 Å². The maximum atomic E-state index is 11.3. The van der Waals surface area contributed by atoms with Crippen molar-refractivity contribution in [1.29, 1.82) is 0 Å². The summed E-state index contributed by atoms with van der Waals surface area (Å²) in [6.07, 6.45) is 4.03. The summed E-state index contributed by atoms with van der Waals surface area (Å²) in [7, 11) is 0. The van der Waals surface area contributed by atoms with Crippen LogP contribution >= 0.6 is 0 Å². The number of rotatable bonds is 3. The molecule has 3 nitrogen and oxygen atoms in total. The van der Waals surface area contributed by atoms with E-state index in [0.717, 1.165) is 16.8 Å². The Morgan fingerprint density at radius 1 is 1.24 bits per heavy atom. The second kappa shape index (κ2) is 5.25. The zero-order chi connectivity index (χ0) is 12.1. The lowest BCUT2D eigenvalue weighted by atomic mass is 10.1. The lowest BCUT2D eigenvalue weighted by Crippen LogP contribution is -2.09. The van der Waals surface area contributed by atoms with Crippen LogP contribution in [0, 0.1) is 0 Å². The number of benzene rings is 1. The van der Waals surface area contributed by atoms with Crippen LogP contribution in [0.25, 0.3) is 11.1 Å². The van der Waals surface area contributed by atoms with Gasteiger partial charge in [-0.1, -0.05) is 25.1 Å². The number of amides is 1. The Balaban J connectivity index is 2.26. The van der Waals surface area contributed by atoms with Gasteiger partial charge in [-0.2, -0.15) is 0 Å². The van der Waals surface area contributed by atoms with E-state index in [4.69, 9.17) is 0 Å². The standard InChI is InChI=1S/C14H14N2O/c1-2-14(17)16-13-7-3-5-11(9-13)12-6-4-8-15-10-12/h3-10H,2H2,1H3,(H,16,17). The monoisotopic (exact) mass is 226 g/mol. The number of nitrogens with zero attached hydrogens (tertiary/aromatic N) is 1. The molecule has 0 spiro atoms. The van der Waals surface area contributed by atoms with E-state index >= 15 is 0 Å². The van der Waals surface area contributed by atoms with Gasteiger partial charge in [-0.05, 0) is 23.8 Å². The second-order valence-corrected chi connectivity index (χ2v) is 3.72. The van der Waals surface area contributed by atoms with E-state index in [-0.39, 0.29) is 5.91 Å². The summed E-state index contributed by atoms with van der Waals surface area (Å²) in [5.74, 6) is 0.0216.